The fourth-order valence-electron chi connectivity index (χ4n) is 1.96. The van der Waals surface area contributed by atoms with Gasteiger partial charge in [-0.3, -0.25) is 4.90 Å². The second kappa shape index (κ2) is 5.21. The van der Waals surface area contributed by atoms with Gasteiger partial charge in [-0.1, -0.05) is 19.9 Å². The lowest BCUT2D eigenvalue weighted by molar-refractivity contribution is 0.174. The predicted octanol–water partition coefficient (Wildman–Crippen LogP) is 2.65. The Morgan fingerprint density at radius 3 is 2.75 bits per heavy atom. The van der Waals surface area contributed by atoms with Gasteiger partial charge in [-0.05, 0) is 37.2 Å². The molecule has 3 heteroatoms. The smallest absolute Gasteiger partial charge is 0.231 e. The summed E-state index contributed by atoms with van der Waals surface area (Å²) in [5.74, 6) is 1.74. The molecule has 0 amide bonds. The Kier molecular flexibility index (Phi) is 3.67. The second-order valence-electron chi connectivity index (χ2n) is 4.06. The Morgan fingerprint density at radius 1 is 1.19 bits per heavy atom. The maximum Gasteiger partial charge on any atom is 0.231 e. The molecule has 3 nitrogen and oxygen atoms in total. The van der Waals surface area contributed by atoms with E-state index in [4.69, 9.17) is 9.47 Å². The van der Waals surface area contributed by atoms with Crippen LogP contribution in [0.2, 0.25) is 0 Å². The number of hydrogen-bond donors (Lipinski definition) is 0. The lowest BCUT2D eigenvalue weighted by Crippen LogP contribution is -2.23. The Balaban J connectivity index is 2.04. The first kappa shape index (κ1) is 11.3. The summed E-state index contributed by atoms with van der Waals surface area (Å²) in [6.45, 7) is 7.98. The van der Waals surface area contributed by atoms with E-state index in [1.165, 1.54) is 12.0 Å². The zero-order chi connectivity index (χ0) is 11.4. The molecular weight excluding hydrogens is 202 g/mol. The maximum absolute atomic E-state index is 5.37. The van der Waals surface area contributed by atoms with Crippen molar-refractivity contribution in [3.05, 3.63) is 23.8 Å². The molecule has 1 aliphatic rings. The molecule has 0 fully saturated rings. The summed E-state index contributed by atoms with van der Waals surface area (Å²) in [4.78, 5) is 2.43. The van der Waals surface area contributed by atoms with Crippen molar-refractivity contribution in [3.63, 3.8) is 0 Å². The number of nitrogens with zero attached hydrogens (tertiary/aromatic N) is 1. The van der Waals surface area contributed by atoms with E-state index in [0.29, 0.717) is 6.79 Å². The van der Waals surface area contributed by atoms with Crippen LogP contribution in [0.1, 0.15) is 25.8 Å². The molecule has 0 spiro atoms. The van der Waals surface area contributed by atoms with Crippen LogP contribution in [0.3, 0.4) is 0 Å². The van der Waals surface area contributed by atoms with Gasteiger partial charge in [-0.25, -0.2) is 0 Å². The van der Waals surface area contributed by atoms with Gasteiger partial charge in [0, 0.05) is 6.54 Å². The highest BCUT2D eigenvalue weighted by atomic mass is 16.7. The van der Waals surface area contributed by atoms with Crippen LogP contribution >= 0.6 is 0 Å². The van der Waals surface area contributed by atoms with Crippen molar-refractivity contribution in [1.29, 1.82) is 0 Å². The highest BCUT2D eigenvalue weighted by Crippen LogP contribution is 2.32. The summed E-state index contributed by atoms with van der Waals surface area (Å²) < 4.78 is 10.7. The molecule has 0 saturated heterocycles. The molecule has 0 N–H and O–H groups in total. The molecule has 16 heavy (non-hydrogen) atoms. The van der Waals surface area contributed by atoms with Crippen molar-refractivity contribution in [2.24, 2.45) is 0 Å². The van der Waals surface area contributed by atoms with Crippen LogP contribution in [0.4, 0.5) is 0 Å². The molecule has 1 aliphatic heterocycles. The molecule has 1 heterocycles. The predicted molar refractivity (Wildman–Crippen MR) is 63.8 cm³/mol. The average molecular weight is 221 g/mol. The molecule has 1 aromatic rings. The summed E-state index contributed by atoms with van der Waals surface area (Å²) in [7, 11) is 0. The van der Waals surface area contributed by atoms with Crippen LogP contribution in [0.5, 0.6) is 11.5 Å². The van der Waals surface area contributed by atoms with Gasteiger partial charge in [0.25, 0.3) is 0 Å². The summed E-state index contributed by atoms with van der Waals surface area (Å²) >= 11 is 0. The van der Waals surface area contributed by atoms with Crippen LogP contribution in [0.25, 0.3) is 0 Å². The molecule has 0 unspecified atom stereocenters. The quantitative estimate of drug-likeness (QED) is 0.763. The minimum Gasteiger partial charge on any atom is -0.454 e. The van der Waals surface area contributed by atoms with Gasteiger partial charge in [0.2, 0.25) is 6.79 Å². The van der Waals surface area contributed by atoms with E-state index in [1.807, 2.05) is 6.07 Å². The van der Waals surface area contributed by atoms with Crippen LogP contribution in [-0.2, 0) is 6.54 Å². The Hall–Kier alpha value is -1.22. The lowest BCUT2D eigenvalue weighted by atomic mass is 10.2. The standard InChI is InChI=1S/C13H19NO2/c1-3-7-14(4-2)9-11-5-6-12-13(8-11)16-10-15-12/h5-6,8H,3-4,7,9-10H2,1-2H3. The first-order valence-corrected chi connectivity index (χ1v) is 5.94. The highest BCUT2D eigenvalue weighted by Gasteiger charge is 2.13. The third-order valence-electron chi connectivity index (χ3n) is 2.83. The topological polar surface area (TPSA) is 21.7 Å². The first-order chi connectivity index (χ1) is 7.83. The van der Waals surface area contributed by atoms with Gasteiger partial charge >= 0.3 is 0 Å². The average Bonchev–Trinajstić information content (AvgIpc) is 2.75. The number of ether oxygens (including phenoxy) is 2. The van der Waals surface area contributed by atoms with Crippen molar-refractivity contribution in [1.82, 2.24) is 4.90 Å². The number of hydrogen-bond acceptors (Lipinski definition) is 3. The number of fused-ring (bicyclic) bond motifs is 1. The molecule has 0 atom stereocenters. The monoisotopic (exact) mass is 221 g/mol. The summed E-state index contributed by atoms with van der Waals surface area (Å²) in [6, 6.07) is 6.20. The molecule has 1 aromatic carbocycles. The van der Waals surface area contributed by atoms with Crippen molar-refractivity contribution in [2.45, 2.75) is 26.8 Å². The summed E-state index contributed by atoms with van der Waals surface area (Å²) in [6.07, 6.45) is 1.19. The van der Waals surface area contributed by atoms with Crippen LogP contribution in [0.15, 0.2) is 18.2 Å². The van der Waals surface area contributed by atoms with E-state index in [9.17, 15) is 0 Å². The summed E-state index contributed by atoms with van der Waals surface area (Å²) in [5.41, 5.74) is 1.29. The number of rotatable bonds is 5. The van der Waals surface area contributed by atoms with E-state index >= 15 is 0 Å². The van der Waals surface area contributed by atoms with Crippen molar-refractivity contribution in [2.75, 3.05) is 19.9 Å². The SMILES string of the molecule is CCCN(CC)Cc1ccc2c(c1)OCO2. The minimum atomic E-state index is 0.352. The molecule has 2 rings (SSSR count). The van der Waals surface area contributed by atoms with E-state index in [0.717, 1.165) is 31.1 Å². The third-order valence-corrected chi connectivity index (χ3v) is 2.83. The largest absolute Gasteiger partial charge is 0.454 e. The Labute approximate surface area is 97.0 Å². The second-order valence-corrected chi connectivity index (χ2v) is 4.06. The highest BCUT2D eigenvalue weighted by molar-refractivity contribution is 5.44. The molecule has 0 radical (unpaired) electrons. The van der Waals surface area contributed by atoms with E-state index in [-0.39, 0.29) is 0 Å². The van der Waals surface area contributed by atoms with E-state index in [2.05, 4.69) is 30.9 Å². The minimum absolute atomic E-state index is 0.352. The van der Waals surface area contributed by atoms with Gasteiger partial charge in [0.15, 0.2) is 11.5 Å². The normalized spacial score (nSPS) is 13.4. The first-order valence-electron chi connectivity index (χ1n) is 5.94. The summed E-state index contributed by atoms with van der Waals surface area (Å²) in [5, 5.41) is 0. The number of benzene rings is 1. The zero-order valence-electron chi connectivity index (χ0n) is 10.0. The van der Waals surface area contributed by atoms with Crippen molar-refractivity contribution in [3.8, 4) is 11.5 Å². The van der Waals surface area contributed by atoms with Gasteiger partial charge in [0.1, 0.15) is 0 Å². The lowest BCUT2D eigenvalue weighted by Gasteiger charge is -2.19. The van der Waals surface area contributed by atoms with Gasteiger partial charge in [0.05, 0.1) is 0 Å². The van der Waals surface area contributed by atoms with Crippen molar-refractivity contribution < 1.29 is 9.47 Å². The van der Waals surface area contributed by atoms with E-state index < -0.39 is 0 Å². The molecule has 88 valence electrons. The van der Waals surface area contributed by atoms with Gasteiger partial charge in [-0.2, -0.15) is 0 Å². The molecule has 0 saturated carbocycles. The van der Waals surface area contributed by atoms with Crippen LogP contribution in [0, 0.1) is 0 Å². The van der Waals surface area contributed by atoms with Crippen molar-refractivity contribution >= 4 is 0 Å². The van der Waals surface area contributed by atoms with Gasteiger partial charge < -0.3 is 9.47 Å². The molecular formula is C13H19NO2. The van der Waals surface area contributed by atoms with Crippen LogP contribution in [-0.4, -0.2) is 24.8 Å². The van der Waals surface area contributed by atoms with E-state index in [1.54, 1.807) is 0 Å². The fraction of sp³-hybridized carbons (Fsp3) is 0.538. The fourth-order valence-corrected chi connectivity index (χ4v) is 1.96. The van der Waals surface area contributed by atoms with Crippen LogP contribution < -0.4 is 9.47 Å². The molecule has 0 bridgehead atoms. The zero-order valence-corrected chi connectivity index (χ0v) is 10.0. The maximum atomic E-state index is 5.37. The Bertz CT molecular complexity index is 352. The third kappa shape index (κ3) is 2.47. The van der Waals surface area contributed by atoms with Gasteiger partial charge in [-0.15, -0.1) is 0 Å². The molecule has 0 aliphatic carbocycles. The molecule has 0 aromatic heterocycles. The Morgan fingerprint density at radius 2 is 2.00 bits per heavy atom.